The van der Waals surface area contributed by atoms with Gasteiger partial charge in [0, 0.05) is 0 Å². The van der Waals surface area contributed by atoms with Crippen LogP contribution in [0.15, 0.2) is 29.2 Å². The number of benzene rings is 1. The van der Waals surface area contributed by atoms with E-state index in [-0.39, 0.29) is 15.8 Å². The van der Waals surface area contributed by atoms with Gasteiger partial charge in [-0.25, -0.2) is 8.42 Å². The summed E-state index contributed by atoms with van der Waals surface area (Å²) in [5.41, 5.74) is 0. The minimum Gasteiger partial charge on any atom is -0.468 e. The molecule has 0 radical (unpaired) electrons. The third-order valence-corrected chi connectivity index (χ3v) is 4.59. The Hall–Kier alpha value is -1.11. The van der Waals surface area contributed by atoms with Crippen molar-refractivity contribution in [2.45, 2.75) is 31.2 Å². The van der Waals surface area contributed by atoms with Crippen molar-refractivity contribution >= 4 is 27.6 Å². The lowest BCUT2D eigenvalue weighted by molar-refractivity contribution is -0.143. The average molecular weight is 320 g/mol. The van der Waals surface area contributed by atoms with Gasteiger partial charge in [-0.3, -0.25) is 4.79 Å². The van der Waals surface area contributed by atoms with Crippen molar-refractivity contribution in [3.63, 3.8) is 0 Å². The van der Waals surface area contributed by atoms with E-state index in [2.05, 4.69) is 9.46 Å². The van der Waals surface area contributed by atoms with Gasteiger partial charge in [0.1, 0.15) is 10.9 Å². The molecule has 0 aliphatic rings. The Kier molecular flexibility index (Phi) is 5.98. The summed E-state index contributed by atoms with van der Waals surface area (Å²) in [5, 5.41) is 0.105. The molecule has 20 heavy (non-hydrogen) atoms. The van der Waals surface area contributed by atoms with Gasteiger partial charge in [-0.2, -0.15) is 4.72 Å². The average Bonchev–Trinajstić information content (AvgIpc) is 2.36. The lowest BCUT2D eigenvalue weighted by atomic mass is 10.1. The normalized spacial score (nSPS) is 13.2. The van der Waals surface area contributed by atoms with Crippen molar-refractivity contribution < 1.29 is 17.9 Å². The van der Waals surface area contributed by atoms with Crippen LogP contribution in [0.3, 0.4) is 0 Å². The van der Waals surface area contributed by atoms with E-state index >= 15 is 0 Å². The zero-order valence-corrected chi connectivity index (χ0v) is 13.2. The van der Waals surface area contributed by atoms with E-state index in [9.17, 15) is 13.2 Å². The smallest absolute Gasteiger partial charge is 0.323 e. The van der Waals surface area contributed by atoms with E-state index in [1.165, 1.54) is 19.2 Å². The Morgan fingerprint density at radius 3 is 2.45 bits per heavy atom. The predicted molar refractivity (Wildman–Crippen MR) is 77.0 cm³/mol. The highest BCUT2D eigenvalue weighted by Gasteiger charge is 2.28. The first kappa shape index (κ1) is 16.9. The molecule has 0 aliphatic carbocycles. The summed E-state index contributed by atoms with van der Waals surface area (Å²) in [4.78, 5) is 11.6. The second-order valence-electron chi connectivity index (χ2n) is 4.76. The highest BCUT2D eigenvalue weighted by atomic mass is 35.5. The molecule has 0 aromatic heterocycles. The highest BCUT2D eigenvalue weighted by Crippen LogP contribution is 2.21. The standard InChI is InChI=1S/C13H18ClNO4S/c1-9(2)8-11(13(16)19-3)15-20(17,18)12-7-5-4-6-10(12)14/h4-7,9,11,15H,8H2,1-3H3. The van der Waals surface area contributed by atoms with Crippen LogP contribution in [0, 0.1) is 5.92 Å². The molecule has 0 saturated heterocycles. The van der Waals surface area contributed by atoms with Crippen molar-refractivity contribution in [1.82, 2.24) is 4.72 Å². The maximum atomic E-state index is 12.3. The summed E-state index contributed by atoms with van der Waals surface area (Å²) >= 11 is 5.88. The highest BCUT2D eigenvalue weighted by molar-refractivity contribution is 7.89. The van der Waals surface area contributed by atoms with Crippen LogP contribution in [0.2, 0.25) is 5.02 Å². The molecule has 0 spiro atoms. The van der Waals surface area contributed by atoms with Crippen LogP contribution in [-0.2, 0) is 19.6 Å². The first-order chi connectivity index (χ1) is 9.27. The lowest BCUT2D eigenvalue weighted by Crippen LogP contribution is -2.42. The Morgan fingerprint density at radius 1 is 1.35 bits per heavy atom. The molecule has 1 atom stereocenters. The molecule has 0 saturated carbocycles. The SMILES string of the molecule is COC(=O)C(CC(C)C)NS(=O)(=O)c1ccccc1Cl. The summed E-state index contributed by atoms with van der Waals surface area (Å²) in [7, 11) is -2.65. The van der Waals surface area contributed by atoms with Crippen LogP contribution in [0.25, 0.3) is 0 Å². The molecule has 1 aromatic carbocycles. The second kappa shape index (κ2) is 7.06. The fourth-order valence-corrected chi connectivity index (χ4v) is 3.44. The molecule has 7 heteroatoms. The number of hydrogen-bond donors (Lipinski definition) is 1. The topological polar surface area (TPSA) is 72.5 Å². The van der Waals surface area contributed by atoms with Crippen molar-refractivity contribution in [3.05, 3.63) is 29.3 Å². The summed E-state index contributed by atoms with van der Waals surface area (Å²) < 4.78 is 31.5. The quantitative estimate of drug-likeness (QED) is 0.816. The number of rotatable bonds is 6. The zero-order valence-electron chi connectivity index (χ0n) is 11.6. The van der Waals surface area contributed by atoms with Gasteiger partial charge in [-0.05, 0) is 24.5 Å². The fraction of sp³-hybridized carbons (Fsp3) is 0.462. The molecule has 1 rings (SSSR count). The molecule has 1 unspecified atom stereocenters. The van der Waals surface area contributed by atoms with E-state index in [1.54, 1.807) is 12.1 Å². The maximum Gasteiger partial charge on any atom is 0.323 e. The van der Waals surface area contributed by atoms with Crippen LogP contribution in [-0.4, -0.2) is 27.5 Å². The van der Waals surface area contributed by atoms with Gasteiger partial charge < -0.3 is 4.74 Å². The van der Waals surface area contributed by atoms with Crippen molar-refractivity contribution in [3.8, 4) is 0 Å². The summed E-state index contributed by atoms with van der Waals surface area (Å²) in [6.07, 6.45) is 0.344. The molecule has 5 nitrogen and oxygen atoms in total. The molecular weight excluding hydrogens is 302 g/mol. The van der Waals surface area contributed by atoms with Gasteiger partial charge in [0.25, 0.3) is 0 Å². The van der Waals surface area contributed by atoms with Crippen molar-refractivity contribution in [2.24, 2.45) is 5.92 Å². The first-order valence-corrected chi connectivity index (χ1v) is 7.98. The zero-order chi connectivity index (χ0) is 15.3. The lowest BCUT2D eigenvalue weighted by Gasteiger charge is -2.18. The molecule has 0 amide bonds. The minimum atomic E-state index is -3.87. The van der Waals surface area contributed by atoms with Crippen LogP contribution < -0.4 is 4.72 Å². The van der Waals surface area contributed by atoms with Crippen molar-refractivity contribution in [1.29, 1.82) is 0 Å². The number of esters is 1. The monoisotopic (exact) mass is 319 g/mol. The van der Waals surface area contributed by atoms with Crippen LogP contribution in [0.4, 0.5) is 0 Å². The van der Waals surface area contributed by atoms with Crippen molar-refractivity contribution in [2.75, 3.05) is 7.11 Å². The van der Waals surface area contributed by atoms with E-state index in [0.717, 1.165) is 0 Å². The summed E-state index contributed by atoms with van der Waals surface area (Å²) in [6.45, 7) is 3.78. The number of hydrogen-bond acceptors (Lipinski definition) is 4. The molecule has 1 N–H and O–H groups in total. The van der Waals surface area contributed by atoms with Crippen LogP contribution in [0.5, 0.6) is 0 Å². The Bertz CT molecular complexity index is 571. The van der Waals surface area contributed by atoms with E-state index in [0.29, 0.717) is 6.42 Å². The Morgan fingerprint density at radius 2 is 1.95 bits per heavy atom. The fourth-order valence-electron chi connectivity index (χ4n) is 1.72. The van der Waals surface area contributed by atoms with Gasteiger partial charge in [0.15, 0.2) is 0 Å². The van der Waals surface area contributed by atoms with Crippen LogP contribution in [0.1, 0.15) is 20.3 Å². The van der Waals surface area contributed by atoms with Crippen LogP contribution >= 0.6 is 11.6 Å². The number of halogens is 1. The second-order valence-corrected chi connectivity index (χ2v) is 6.85. The molecular formula is C13H18ClNO4S. The van der Waals surface area contributed by atoms with Gasteiger partial charge in [-0.15, -0.1) is 0 Å². The largest absolute Gasteiger partial charge is 0.468 e. The minimum absolute atomic E-state index is 0.0562. The Labute approximate surface area is 124 Å². The third kappa shape index (κ3) is 4.47. The van der Waals surface area contributed by atoms with Gasteiger partial charge >= 0.3 is 5.97 Å². The Balaban J connectivity index is 3.03. The summed E-state index contributed by atoms with van der Waals surface area (Å²) in [6, 6.07) is 5.13. The first-order valence-electron chi connectivity index (χ1n) is 6.12. The number of ether oxygens (including phenoxy) is 1. The van der Waals surface area contributed by atoms with Gasteiger partial charge in [0.05, 0.1) is 12.1 Å². The molecule has 0 bridgehead atoms. The number of methoxy groups -OCH3 is 1. The third-order valence-electron chi connectivity index (χ3n) is 2.62. The maximum absolute atomic E-state index is 12.3. The number of nitrogens with one attached hydrogen (secondary N) is 1. The molecule has 1 aromatic rings. The predicted octanol–water partition coefficient (Wildman–Crippen LogP) is 2.21. The summed E-state index contributed by atoms with van der Waals surface area (Å²) in [5.74, 6) is -0.484. The number of carbonyl (C=O) groups is 1. The van der Waals surface area contributed by atoms with Gasteiger partial charge in [0.2, 0.25) is 10.0 Å². The van der Waals surface area contributed by atoms with E-state index in [4.69, 9.17) is 11.6 Å². The molecule has 112 valence electrons. The molecule has 0 heterocycles. The van der Waals surface area contributed by atoms with Gasteiger partial charge in [-0.1, -0.05) is 37.6 Å². The molecule has 0 fully saturated rings. The number of sulfonamides is 1. The molecule has 0 aliphatic heterocycles. The van der Waals surface area contributed by atoms with E-state index in [1.807, 2.05) is 13.8 Å². The number of carbonyl (C=O) groups excluding carboxylic acids is 1. The van der Waals surface area contributed by atoms with E-state index < -0.39 is 22.0 Å².